The molecule has 0 heterocycles. The summed E-state index contributed by atoms with van der Waals surface area (Å²) in [5, 5.41) is 0. The van der Waals surface area contributed by atoms with E-state index in [0.29, 0.717) is 12.0 Å². The Morgan fingerprint density at radius 1 is 1.18 bits per heavy atom. The summed E-state index contributed by atoms with van der Waals surface area (Å²) >= 11 is 0. The summed E-state index contributed by atoms with van der Waals surface area (Å²) in [6.07, 6.45) is -0.858. The van der Waals surface area contributed by atoms with Gasteiger partial charge in [0.2, 0.25) is 0 Å². The van der Waals surface area contributed by atoms with Crippen LogP contribution in [-0.2, 0) is 17.4 Å². The van der Waals surface area contributed by atoms with Crippen LogP contribution in [0.1, 0.15) is 63.6 Å². The van der Waals surface area contributed by atoms with Crippen LogP contribution in [0.2, 0.25) is 0 Å². The Kier molecular flexibility index (Phi) is 6.39. The van der Waals surface area contributed by atoms with Crippen LogP contribution in [0.5, 0.6) is 0 Å². The molecular weight excluding hydrogens is 289 g/mol. The Hall–Kier alpha value is -1.58. The minimum atomic E-state index is -4.34. The van der Waals surface area contributed by atoms with Crippen LogP contribution in [0.4, 0.5) is 13.2 Å². The Labute approximate surface area is 130 Å². The highest BCUT2D eigenvalue weighted by Crippen LogP contribution is 2.39. The number of allylic oxidation sites excluding steroid dienone is 2. The van der Waals surface area contributed by atoms with Gasteiger partial charge in [0.25, 0.3) is 0 Å². The first-order chi connectivity index (χ1) is 10.2. The normalized spacial score (nSPS) is 13.6. The Morgan fingerprint density at radius 2 is 1.77 bits per heavy atom. The van der Waals surface area contributed by atoms with Crippen molar-refractivity contribution in [2.45, 2.75) is 59.6 Å². The zero-order chi connectivity index (χ0) is 16.9. The Balaban J connectivity index is 0.000000541. The van der Waals surface area contributed by atoms with E-state index in [-0.39, 0.29) is 12.2 Å². The van der Waals surface area contributed by atoms with Crippen molar-refractivity contribution in [2.24, 2.45) is 0 Å². The van der Waals surface area contributed by atoms with Crippen LogP contribution in [0.15, 0.2) is 23.8 Å². The lowest BCUT2D eigenvalue weighted by atomic mass is 9.98. The number of halogens is 3. The fourth-order valence-electron chi connectivity index (χ4n) is 2.31. The van der Waals surface area contributed by atoms with Crippen molar-refractivity contribution in [3.63, 3.8) is 0 Å². The summed E-state index contributed by atoms with van der Waals surface area (Å²) < 4.78 is 38.0. The maximum atomic E-state index is 12.7. The molecule has 0 spiro atoms. The molecule has 1 aromatic rings. The van der Waals surface area contributed by atoms with Crippen molar-refractivity contribution < 1.29 is 18.0 Å². The molecule has 22 heavy (non-hydrogen) atoms. The minimum Gasteiger partial charge on any atom is -0.300 e. The molecule has 0 fully saturated rings. The van der Waals surface area contributed by atoms with Crippen LogP contribution >= 0.6 is 0 Å². The summed E-state index contributed by atoms with van der Waals surface area (Å²) in [4.78, 5) is 11.2. The fraction of sp³-hybridized carbons (Fsp3) is 0.500. The van der Waals surface area contributed by atoms with Gasteiger partial charge in [0.1, 0.15) is 5.78 Å². The van der Waals surface area contributed by atoms with Gasteiger partial charge in [-0.1, -0.05) is 38.3 Å². The van der Waals surface area contributed by atoms with Gasteiger partial charge >= 0.3 is 6.18 Å². The van der Waals surface area contributed by atoms with E-state index in [4.69, 9.17) is 0 Å². The summed E-state index contributed by atoms with van der Waals surface area (Å²) in [5.74, 6) is -0.0328. The molecule has 0 radical (unpaired) electrons. The number of rotatable bonds is 3. The Bertz CT molecular complexity index is 566. The van der Waals surface area contributed by atoms with E-state index in [1.54, 1.807) is 0 Å². The number of carbonyl (C=O) groups is 1. The van der Waals surface area contributed by atoms with E-state index in [9.17, 15) is 18.0 Å². The van der Waals surface area contributed by atoms with Gasteiger partial charge in [-0.3, -0.25) is 4.79 Å². The lowest BCUT2D eigenvalue weighted by molar-refractivity contribution is -0.137. The highest BCUT2D eigenvalue weighted by Gasteiger charge is 2.32. The van der Waals surface area contributed by atoms with Crippen molar-refractivity contribution in [3.05, 3.63) is 40.5 Å². The van der Waals surface area contributed by atoms with Crippen LogP contribution < -0.4 is 0 Å². The largest absolute Gasteiger partial charge is 0.416 e. The molecule has 1 aliphatic rings. The first-order valence-electron chi connectivity index (χ1n) is 7.59. The van der Waals surface area contributed by atoms with E-state index < -0.39 is 11.7 Å². The van der Waals surface area contributed by atoms with Gasteiger partial charge in [0.15, 0.2) is 0 Å². The third kappa shape index (κ3) is 4.72. The van der Waals surface area contributed by atoms with Crippen LogP contribution in [0.3, 0.4) is 0 Å². The van der Waals surface area contributed by atoms with E-state index in [1.807, 2.05) is 6.92 Å². The third-order valence-electron chi connectivity index (χ3n) is 3.66. The summed E-state index contributed by atoms with van der Waals surface area (Å²) in [5.41, 5.74) is 2.54. The molecule has 0 aliphatic heterocycles. The molecule has 1 aromatic carbocycles. The number of fused-ring (bicyclic) bond motifs is 1. The van der Waals surface area contributed by atoms with Gasteiger partial charge in [-0.05, 0) is 49.1 Å². The Morgan fingerprint density at radius 3 is 2.23 bits per heavy atom. The quantitative estimate of drug-likeness (QED) is 0.687. The molecule has 1 nitrogen and oxygen atoms in total. The van der Waals surface area contributed by atoms with E-state index in [1.165, 1.54) is 25.8 Å². The number of benzene rings is 1. The van der Waals surface area contributed by atoms with Gasteiger partial charge in [-0.2, -0.15) is 13.2 Å². The SMILES string of the molecule is CC(=O)CC1=C(C)Cc2ccc(C(F)(F)F)cc21.CCCC. The molecule has 0 unspecified atom stereocenters. The zero-order valence-electron chi connectivity index (χ0n) is 13.6. The van der Waals surface area contributed by atoms with E-state index >= 15 is 0 Å². The van der Waals surface area contributed by atoms with Crippen molar-refractivity contribution >= 4 is 11.4 Å². The molecule has 0 atom stereocenters. The molecule has 1 aliphatic carbocycles. The number of alkyl halides is 3. The molecule has 0 bridgehead atoms. The molecule has 0 aromatic heterocycles. The molecular formula is C18H23F3O. The lowest BCUT2D eigenvalue weighted by Gasteiger charge is -2.10. The monoisotopic (exact) mass is 312 g/mol. The van der Waals surface area contributed by atoms with Crippen LogP contribution in [0.25, 0.3) is 5.57 Å². The number of hydrogen-bond donors (Lipinski definition) is 0. The van der Waals surface area contributed by atoms with Gasteiger partial charge in [-0.25, -0.2) is 0 Å². The highest BCUT2D eigenvalue weighted by molar-refractivity contribution is 5.91. The smallest absolute Gasteiger partial charge is 0.300 e. The van der Waals surface area contributed by atoms with Gasteiger partial charge in [0.05, 0.1) is 5.56 Å². The lowest BCUT2D eigenvalue weighted by Crippen LogP contribution is -2.06. The second-order valence-electron chi connectivity index (χ2n) is 5.68. The van der Waals surface area contributed by atoms with Crippen molar-refractivity contribution in [1.29, 1.82) is 0 Å². The third-order valence-corrected chi connectivity index (χ3v) is 3.66. The van der Waals surface area contributed by atoms with Crippen LogP contribution in [-0.4, -0.2) is 5.78 Å². The predicted molar refractivity (Wildman–Crippen MR) is 83.6 cm³/mol. The average Bonchev–Trinajstić information content (AvgIpc) is 2.73. The topological polar surface area (TPSA) is 17.1 Å². The summed E-state index contributed by atoms with van der Waals surface area (Å²) in [7, 11) is 0. The summed E-state index contributed by atoms with van der Waals surface area (Å²) in [6.45, 7) is 7.68. The number of Topliss-reactive ketones (excluding diaryl/α,β-unsaturated/α-hetero) is 1. The van der Waals surface area contributed by atoms with Gasteiger partial charge < -0.3 is 0 Å². The molecule has 0 N–H and O–H groups in total. The van der Waals surface area contributed by atoms with Gasteiger partial charge in [0, 0.05) is 6.42 Å². The number of ketones is 1. The molecule has 2 rings (SSSR count). The maximum Gasteiger partial charge on any atom is 0.416 e. The maximum absolute atomic E-state index is 12.7. The predicted octanol–water partition coefficient (Wildman–Crippen LogP) is 5.82. The number of carbonyl (C=O) groups excluding carboxylic acids is 1. The van der Waals surface area contributed by atoms with Crippen molar-refractivity contribution in [3.8, 4) is 0 Å². The number of hydrogen-bond acceptors (Lipinski definition) is 1. The van der Waals surface area contributed by atoms with Crippen molar-refractivity contribution in [1.82, 2.24) is 0 Å². The molecule has 4 heteroatoms. The van der Waals surface area contributed by atoms with E-state index in [2.05, 4.69) is 13.8 Å². The van der Waals surface area contributed by atoms with Gasteiger partial charge in [-0.15, -0.1) is 0 Å². The molecule has 0 saturated heterocycles. The number of unbranched alkanes of at least 4 members (excludes halogenated alkanes) is 1. The average molecular weight is 312 g/mol. The van der Waals surface area contributed by atoms with Crippen molar-refractivity contribution in [2.75, 3.05) is 0 Å². The highest BCUT2D eigenvalue weighted by atomic mass is 19.4. The standard InChI is InChI=1S/C14H13F3O.C4H10/c1-8-5-10-3-4-11(14(15,16)17)7-13(10)12(8)6-9(2)18;1-3-4-2/h3-4,7H,5-6H2,1-2H3;3-4H2,1-2H3. The molecule has 0 saturated carbocycles. The molecule has 0 amide bonds. The first-order valence-corrected chi connectivity index (χ1v) is 7.59. The van der Waals surface area contributed by atoms with E-state index in [0.717, 1.165) is 28.8 Å². The first kappa shape index (κ1) is 18.5. The minimum absolute atomic E-state index is 0.0328. The van der Waals surface area contributed by atoms with Crippen LogP contribution in [0, 0.1) is 0 Å². The summed E-state index contributed by atoms with van der Waals surface area (Å²) in [6, 6.07) is 3.77. The second kappa shape index (κ2) is 7.61. The molecule has 122 valence electrons. The second-order valence-corrected chi connectivity index (χ2v) is 5.68. The fourth-order valence-corrected chi connectivity index (χ4v) is 2.31. The zero-order valence-corrected chi connectivity index (χ0v) is 13.6.